The van der Waals surface area contributed by atoms with Gasteiger partial charge in [-0.2, -0.15) is 0 Å². The van der Waals surface area contributed by atoms with E-state index < -0.39 is 0 Å². The lowest BCUT2D eigenvalue weighted by Crippen LogP contribution is -2.58. The standard InChI is InChI=1S/C22H32N2O/c25-20(22(14-15-22)19-10-4-1-5-11-19)23-18-21(12-6-2-7-13-21)24-16-8-3-9-17-24/h1,4-5,10-11H,2-3,6-9,12-18H2,(H,23,25). The molecule has 1 saturated heterocycles. The Bertz CT molecular complexity index is 581. The molecule has 4 rings (SSSR count). The second kappa shape index (κ2) is 7.11. The second-order valence-electron chi connectivity index (χ2n) is 8.46. The molecule has 1 aliphatic heterocycles. The predicted molar refractivity (Wildman–Crippen MR) is 102 cm³/mol. The number of nitrogens with zero attached hydrogens (tertiary/aromatic N) is 1. The Morgan fingerprint density at radius 1 is 0.880 bits per heavy atom. The lowest BCUT2D eigenvalue weighted by atomic mass is 9.79. The molecule has 136 valence electrons. The zero-order valence-corrected chi connectivity index (χ0v) is 15.4. The van der Waals surface area contributed by atoms with Gasteiger partial charge in [0.05, 0.1) is 5.41 Å². The third kappa shape index (κ3) is 3.36. The Labute approximate surface area is 152 Å². The van der Waals surface area contributed by atoms with Crippen molar-refractivity contribution in [2.45, 2.75) is 75.2 Å². The van der Waals surface area contributed by atoms with Crippen LogP contribution in [0.2, 0.25) is 0 Å². The molecular weight excluding hydrogens is 308 g/mol. The minimum atomic E-state index is -0.237. The highest BCUT2D eigenvalue weighted by Gasteiger charge is 2.51. The van der Waals surface area contributed by atoms with E-state index in [4.69, 9.17) is 0 Å². The van der Waals surface area contributed by atoms with E-state index in [9.17, 15) is 4.79 Å². The summed E-state index contributed by atoms with van der Waals surface area (Å²) in [4.78, 5) is 15.8. The van der Waals surface area contributed by atoms with Crippen LogP contribution in [0.4, 0.5) is 0 Å². The van der Waals surface area contributed by atoms with Crippen molar-refractivity contribution in [3.8, 4) is 0 Å². The minimum absolute atomic E-state index is 0.223. The van der Waals surface area contributed by atoms with E-state index in [0.717, 1.165) is 19.4 Å². The fraction of sp³-hybridized carbons (Fsp3) is 0.682. The number of piperidine rings is 1. The van der Waals surface area contributed by atoms with E-state index in [1.165, 1.54) is 70.0 Å². The van der Waals surface area contributed by atoms with E-state index >= 15 is 0 Å². The summed E-state index contributed by atoms with van der Waals surface area (Å²) in [6.45, 7) is 3.29. The predicted octanol–water partition coefficient (Wildman–Crippen LogP) is 4.02. The van der Waals surface area contributed by atoms with Crippen LogP contribution in [0.3, 0.4) is 0 Å². The highest BCUT2D eigenvalue weighted by Crippen LogP contribution is 2.48. The molecule has 25 heavy (non-hydrogen) atoms. The molecule has 3 fully saturated rings. The van der Waals surface area contributed by atoms with Crippen molar-refractivity contribution in [2.24, 2.45) is 0 Å². The van der Waals surface area contributed by atoms with E-state index in [1.54, 1.807) is 0 Å². The lowest BCUT2D eigenvalue weighted by molar-refractivity contribution is -0.124. The maximum atomic E-state index is 13.1. The molecule has 2 saturated carbocycles. The number of rotatable bonds is 5. The molecule has 0 radical (unpaired) electrons. The van der Waals surface area contributed by atoms with Crippen LogP contribution in [0.1, 0.15) is 69.8 Å². The largest absolute Gasteiger partial charge is 0.353 e. The van der Waals surface area contributed by atoms with Crippen LogP contribution in [0.15, 0.2) is 30.3 Å². The summed E-state index contributed by atoms with van der Waals surface area (Å²) in [5, 5.41) is 3.41. The van der Waals surface area contributed by atoms with Gasteiger partial charge >= 0.3 is 0 Å². The molecule has 1 aromatic rings. The van der Waals surface area contributed by atoms with Crippen molar-refractivity contribution in [3.05, 3.63) is 35.9 Å². The molecule has 3 aliphatic rings. The van der Waals surface area contributed by atoms with Gasteiger partial charge < -0.3 is 5.32 Å². The van der Waals surface area contributed by atoms with E-state index in [2.05, 4.69) is 34.5 Å². The Kier molecular flexibility index (Phi) is 4.86. The van der Waals surface area contributed by atoms with Crippen LogP contribution in [0.25, 0.3) is 0 Å². The molecule has 0 atom stereocenters. The summed E-state index contributed by atoms with van der Waals surface area (Å²) >= 11 is 0. The summed E-state index contributed by atoms with van der Waals surface area (Å²) in [5.41, 5.74) is 1.18. The molecule has 1 heterocycles. The number of nitrogens with one attached hydrogen (secondary N) is 1. The summed E-state index contributed by atoms with van der Waals surface area (Å²) in [7, 11) is 0. The maximum Gasteiger partial charge on any atom is 0.230 e. The van der Waals surface area contributed by atoms with E-state index in [0.29, 0.717) is 0 Å². The van der Waals surface area contributed by atoms with Gasteiger partial charge in [-0.25, -0.2) is 0 Å². The first-order valence-electron chi connectivity index (χ1n) is 10.3. The molecule has 2 aliphatic carbocycles. The number of amides is 1. The zero-order valence-electron chi connectivity index (χ0n) is 15.4. The molecule has 3 nitrogen and oxygen atoms in total. The minimum Gasteiger partial charge on any atom is -0.353 e. The SMILES string of the molecule is O=C(NCC1(N2CCCCC2)CCCCC1)C1(c2ccccc2)CC1. The highest BCUT2D eigenvalue weighted by molar-refractivity contribution is 5.91. The Morgan fingerprint density at radius 3 is 2.16 bits per heavy atom. The van der Waals surface area contributed by atoms with Gasteiger partial charge in [-0.05, 0) is 57.2 Å². The molecule has 0 aromatic heterocycles. The van der Waals surface area contributed by atoms with Gasteiger partial charge in [0.15, 0.2) is 0 Å². The van der Waals surface area contributed by atoms with Crippen molar-refractivity contribution < 1.29 is 4.79 Å². The molecule has 1 amide bonds. The zero-order chi connectivity index (χ0) is 17.2. The van der Waals surface area contributed by atoms with Crippen LogP contribution >= 0.6 is 0 Å². The number of hydrogen-bond acceptors (Lipinski definition) is 2. The molecule has 0 unspecified atom stereocenters. The average Bonchev–Trinajstić information content (AvgIpc) is 3.50. The van der Waals surface area contributed by atoms with Gasteiger partial charge in [-0.3, -0.25) is 9.69 Å². The van der Waals surface area contributed by atoms with Crippen LogP contribution in [0, 0.1) is 0 Å². The number of carbonyl (C=O) groups is 1. The van der Waals surface area contributed by atoms with E-state index in [1.807, 2.05) is 6.07 Å². The first-order chi connectivity index (χ1) is 12.3. The number of hydrogen-bond donors (Lipinski definition) is 1. The van der Waals surface area contributed by atoms with Crippen molar-refractivity contribution in [1.82, 2.24) is 10.2 Å². The van der Waals surface area contributed by atoms with Gasteiger partial charge in [0.2, 0.25) is 5.91 Å². The summed E-state index contributed by atoms with van der Waals surface area (Å²) in [6.07, 6.45) is 12.5. The van der Waals surface area contributed by atoms with Gasteiger partial charge in [0.25, 0.3) is 0 Å². The molecule has 1 N–H and O–H groups in total. The quantitative estimate of drug-likeness (QED) is 0.878. The van der Waals surface area contributed by atoms with Crippen LogP contribution < -0.4 is 5.32 Å². The molecule has 0 bridgehead atoms. The van der Waals surface area contributed by atoms with Crippen LogP contribution in [-0.4, -0.2) is 36.0 Å². The molecular formula is C22H32N2O. The average molecular weight is 341 g/mol. The van der Waals surface area contributed by atoms with Crippen molar-refractivity contribution >= 4 is 5.91 Å². The smallest absolute Gasteiger partial charge is 0.230 e. The normalized spacial score (nSPS) is 25.3. The summed E-state index contributed by atoms with van der Waals surface area (Å²) in [5.74, 6) is 0.264. The monoisotopic (exact) mass is 340 g/mol. The van der Waals surface area contributed by atoms with Crippen molar-refractivity contribution in [3.63, 3.8) is 0 Å². The lowest BCUT2D eigenvalue weighted by Gasteiger charge is -2.48. The summed E-state index contributed by atoms with van der Waals surface area (Å²) < 4.78 is 0. The maximum absolute atomic E-state index is 13.1. The first-order valence-corrected chi connectivity index (χ1v) is 10.3. The number of likely N-dealkylation sites (tertiary alicyclic amines) is 1. The van der Waals surface area contributed by atoms with Crippen LogP contribution in [0.5, 0.6) is 0 Å². The fourth-order valence-corrected chi connectivity index (χ4v) is 5.13. The Balaban J connectivity index is 1.45. The fourth-order valence-electron chi connectivity index (χ4n) is 5.13. The van der Waals surface area contributed by atoms with E-state index in [-0.39, 0.29) is 16.9 Å². The van der Waals surface area contributed by atoms with Gasteiger partial charge in [-0.15, -0.1) is 0 Å². The van der Waals surface area contributed by atoms with Crippen LogP contribution in [-0.2, 0) is 10.2 Å². The molecule has 3 heteroatoms. The van der Waals surface area contributed by atoms with Crippen molar-refractivity contribution in [1.29, 1.82) is 0 Å². The molecule has 1 aromatic carbocycles. The third-order valence-electron chi connectivity index (χ3n) is 6.90. The highest BCUT2D eigenvalue weighted by atomic mass is 16.2. The van der Waals surface area contributed by atoms with Gasteiger partial charge in [-0.1, -0.05) is 56.0 Å². The second-order valence-corrected chi connectivity index (χ2v) is 8.46. The Hall–Kier alpha value is -1.35. The third-order valence-corrected chi connectivity index (χ3v) is 6.90. The molecule has 0 spiro atoms. The topological polar surface area (TPSA) is 32.3 Å². The van der Waals surface area contributed by atoms with Gasteiger partial charge in [0.1, 0.15) is 0 Å². The number of benzene rings is 1. The summed E-state index contributed by atoms with van der Waals surface area (Å²) in [6, 6.07) is 10.4. The van der Waals surface area contributed by atoms with Crippen molar-refractivity contribution in [2.75, 3.05) is 19.6 Å². The Morgan fingerprint density at radius 2 is 1.52 bits per heavy atom. The number of carbonyl (C=O) groups excluding carboxylic acids is 1. The van der Waals surface area contributed by atoms with Gasteiger partial charge in [0, 0.05) is 12.1 Å². The first kappa shape index (κ1) is 17.1.